The zero-order valence-electron chi connectivity index (χ0n) is 13.0. The number of rotatable bonds is 11. The molecule has 118 valence electrons. The number of hydrogen-bond donors (Lipinski definition) is 2. The zero-order chi connectivity index (χ0) is 15.4. The summed E-state index contributed by atoms with van der Waals surface area (Å²) in [5.41, 5.74) is 0. The number of amides is 2. The molecular weight excluding hydrogens is 260 g/mol. The summed E-state index contributed by atoms with van der Waals surface area (Å²) < 4.78 is 10.4. The molecule has 1 unspecified atom stereocenters. The monoisotopic (exact) mass is 288 g/mol. The van der Waals surface area contributed by atoms with E-state index < -0.39 is 0 Å². The van der Waals surface area contributed by atoms with Gasteiger partial charge in [0, 0.05) is 32.0 Å². The van der Waals surface area contributed by atoms with Gasteiger partial charge in [0.2, 0.25) is 11.8 Å². The maximum atomic E-state index is 11.7. The molecule has 6 nitrogen and oxygen atoms in total. The predicted octanol–water partition coefficient (Wildman–Crippen LogP) is 0.707. The first-order chi connectivity index (χ1) is 9.47. The van der Waals surface area contributed by atoms with Crippen molar-refractivity contribution in [1.29, 1.82) is 0 Å². The smallest absolute Gasteiger partial charge is 0.223 e. The van der Waals surface area contributed by atoms with Crippen LogP contribution in [0.3, 0.4) is 0 Å². The topological polar surface area (TPSA) is 76.7 Å². The fraction of sp³-hybridized carbons (Fsp3) is 0.857. The van der Waals surface area contributed by atoms with Crippen molar-refractivity contribution in [3.63, 3.8) is 0 Å². The molecule has 2 amide bonds. The van der Waals surface area contributed by atoms with E-state index in [4.69, 9.17) is 9.47 Å². The van der Waals surface area contributed by atoms with Gasteiger partial charge in [-0.15, -0.1) is 0 Å². The van der Waals surface area contributed by atoms with Crippen LogP contribution in [0.4, 0.5) is 0 Å². The van der Waals surface area contributed by atoms with Crippen molar-refractivity contribution in [2.45, 2.75) is 40.2 Å². The van der Waals surface area contributed by atoms with Crippen molar-refractivity contribution in [3.05, 3.63) is 0 Å². The second kappa shape index (κ2) is 11.7. The third-order valence-corrected chi connectivity index (χ3v) is 2.56. The zero-order valence-corrected chi connectivity index (χ0v) is 13.0. The minimum atomic E-state index is -0.346. The van der Waals surface area contributed by atoms with E-state index in [9.17, 15) is 9.59 Å². The normalized spacial score (nSPS) is 12.2. The summed E-state index contributed by atoms with van der Waals surface area (Å²) in [5.74, 6) is -0.607. The second-order valence-corrected chi connectivity index (χ2v) is 4.86. The van der Waals surface area contributed by atoms with Crippen LogP contribution in [0.2, 0.25) is 0 Å². The Morgan fingerprint density at radius 3 is 2.30 bits per heavy atom. The maximum Gasteiger partial charge on any atom is 0.223 e. The van der Waals surface area contributed by atoms with Gasteiger partial charge in [-0.3, -0.25) is 9.59 Å². The molecule has 0 heterocycles. The molecule has 1 atom stereocenters. The lowest BCUT2D eigenvalue weighted by atomic mass is 10.1. The molecular formula is C14H28N2O4. The van der Waals surface area contributed by atoms with Gasteiger partial charge in [-0.25, -0.2) is 0 Å². The molecule has 0 aromatic carbocycles. The van der Waals surface area contributed by atoms with Crippen LogP contribution < -0.4 is 10.6 Å². The molecule has 0 aliphatic rings. The van der Waals surface area contributed by atoms with Crippen molar-refractivity contribution in [3.8, 4) is 0 Å². The first kappa shape index (κ1) is 18.9. The minimum Gasteiger partial charge on any atom is -0.380 e. The number of carbonyl (C=O) groups is 2. The van der Waals surface area contributed by atoms with Gasteiger partial charge < -0.3 is 20.1 Å². The first-order valence-electron chi connectivity index (χ1n) is 7.21. The van der Waals surface area contributed by atoms with Gasteiger partial charge in [-0.1, -0.05) is 6.92 Å². The van der Waals surface area contributed by atoms with E-state index in [0.717, 1.165) is 0 Å². The predicted molar refractivity (Wildman–Crippen MR) is 77.4 cm³/mol. The third-order valence-electron chi connectivity index (χ3n) is 2.56. The number of hydrogen-bond acceptors (Lipinski definition) is 4. The van der Waals surface area contributed by atoms with Crippen LogP contribution in [-0.2, 0) is 19.1 Å². The lowest BCUT2D eigenvalue weighted by Crippen LogP contribution is -2.36. The Bertz CT molecular complexity index is 282. The van der Waals surface area contributed by atoms with Crippen LogP contribution in [0.15, 0.2) is 0 Å². The fourth-order valence-corrected chi connectivity index (χ4v) is 1.49. The van der Waals surface area contributed by atoms with Crippen LogP contribution in [0, 0.1) is 5.92 Å². The lowest BCUT2D eigenvalue weighted by Gasteiger charge is -2.13. The first-order valence-corrected chi connectivity index (χ1v) is 7.21. The number of nitrogens with one attached hydrogen (secondary N) is 2. The second-order valence-electron chi connectivity index (χ2n) is 4.86. The quantitative estimate of drug-likeness (QED) is 0.549. The molecule has 0 aliphatic carbocycles. The average Bonchev–Trinajstić information content (AvgIpc) is 2.39. The van der Waals surface area contributed by atoms with Crippen LogP contribution in [0.5, 0.6) is 0 Å². The Balaban J connectivity index is 3.69. The minimum absolute atomic E-state index is 0.127. The molecule has 0 aliphatic heterocycles. The number of carbonyl (C=O) groups excluding carboxylic acids is 2. The molecule has 20 heavy (non-hydrogen) atoms. The van der Waals surface area contributed by atoms with Crippen LogP contribution in [0.1, 0.15) is 34.1 Å². The summed E-state index contributed by atoms with van der Waals surface area (Å²) in [6, 6.07) is 0. The Hall–Kier alpha value is -1.14. The van der Waals surface area contributed by atoms with Gasteiger partial charge >= 0.3 is 0 Å². The molecule has 0 aromatic rings. The van der Waals surface area contributed by atoms with Crippen LogP contribution >= 0.6 is 0 Å². The van der Waals surface area contributed by atoms with E-state index in [2.05, 4.69) is 10.6 Å². The molecule has 0 aromatic heterocycles. The van der Waals surface area contributed by atoms with Gasteiger partial charge in [0.1, 0.15) is 0 Å². The molecule has 0 bridgehead atoms. The summed E-state index contributed by atoms with van der Waals surface area (Å²) >= 11 is 0. The van der Waals surface area contributed by atoms with Gasteiger partial charge in [0.25, 0.3) is 0 Å². The fourth-order valence-electron chi connectivity index (χ4n) is 1.49. The highest BCUT2D eigenvalue weighted by Gasteiger charge is 2.16. The van der Waals surface area contributed by atoms with Crippen molar-refractivity contribution in [2.24, 2.45) is 5.92 Å². The Kier molecular flexibility index (Phi) is 11.0. The van der Waals surface area contributed by atoms with E-state index in [0.29, 0.717) is 32.9 Å². The van der Waals surface area contributed by atoms with E-state index in [1.165, 1.54) is 0 Å². The largest absolute Gasteiger partial charge is 0.380 e. The third kappa shape index (κ3) is 10.8. The highest BCUT2D eigenvalue weighted by atomic mass is 16.5. The van der Waals surface area contributed by atoms with Gasteiger partial charge in [-0.05, 0) is 20.8 Å². The summed E-state index contributed by atoms with van der Waals surface area (Å²) in [6.45, 7) is 10.1. The molecule has 0 spiro atoms. The van der Waals surface area contributed by atoms with Crippen molar-refractivity contribution >= 4 is 11.8 Å². The summed E-state index contributed by atoms with van der Waals surface area (Å²) in [6.07, 6.45) is 0.337. The highest BCUT2D eigenvalue weighted by molar-refractivity contribution is 5.85. The maximum absolute atomic E-state index is 11.7. The van der Waals surface area contributed by atoms with Gasteiger partial charge in [0.05, 0.1) is 19.3 Å². The number of ether oxygens (including phenoxy) is 2. The van der Waals surface area contributed by atoms with E-state index >= 15 is 0 Å². The molecule has 0 fully saturated rings. The Morgan fingerprint density at radius 1 is 1.05 bits per heavy atom. The SMILES string of the molecule is CCOCCNC(=O)CC(C)C(=O)NCCOC(C)C. The molecule has 0 saturated carbocycles. The van der Waals surface area contributed by atoms with Gasteiger partial charge in [-0.2, -0.15) is 0 Å². The Morgan fingerprint density at radius 2 is 1.70 bits per heavy atom. The molecule has 6 heteroatoms. The Labute approximate surface area is 121 Å². The lowest BCUT2D eigenvalue weighted by molar-refractivity contribution is -0.130. The van der Waals surface area contributed by atoms with Crippen molar-refractivity contribution < 1.29 is 19.1 Å². The van der Waals surface area contributed by atoms with Crippen molar-refractivity contribution in [2.75, 3.05) is 32.9 Å². The van der Waals surface area contributed by atoms with Crippen LogP contribution in [0.25, 0.3) is 0 Å². The molecule has 0 rings (SSSR count). The summed E-state index contributed by atoms with van der Waals surface area (Å²) in [5, 5.41) is 5.47. The molecule has 0 saturated heterocycles. The molecule has 0 radical (unpaired) electrons. The summed E-state index contributed by atoms with van der Waals surface area (Å²) in [4.78, 5) is 23.3. The van der Waals surface area contributed by atoms with Crippen molar-refractivity contribution in [1.82, 2.24) is 10.6 Å². The highest BCUT2D eigenvalue weighted by Crippen LogP contribution is 2.01. The van der Waals surface area contributed by atoms with E-state index in [-0.39, 0.29) is 30.3 Å². The van der Waals surface area contributed by atoms with Crippen LogP contribution in [-0.4, -0.2) is 50.8 Å². The average molecular weight is 288 g/mol. The standard InChI is InChI=1S/C14H28N2O4/c1-5-19-8-6-15-13(17)10-12(4)14(18)16-7-9-20-11(2)3/h11-12H,5-10H2,1-4H3,(H,15,17)(H,16,18). The van der Waals surface area contributed by atoms with E-state index in [1.54, 1.807) is 6.92 Å². The van der Waals surface area contributed by atoms with E-state index in [1.807, 2.05) is 20.8 Å². The summed E-state index contributed by atoms with van der Waals surface area (Å²) in [7, 11) is 0. The molecule has 2 N–H and O–H groups in total. The van der Waals surface area contributed by atoms with Gasteiger partial charge in [0.15, 0.2) is 0 Å².